The number of hydrogen-bond acceptors (Lipinski definition) is 4. The number of amides is 2. The molecule has 1 aliphatic rings. The minimum absolute atomic E-state index is 0.171. The largest absolute Gasteiger partial charge is 0.508 e. The molecule has 1 aromatic rings. The topological polar surface area (TPSA) is 57.6 Å². The lowest BCUT2D eigenvalue weighted by molar-refractivity contribution is -0.135. The maximum absolute atomic E-state index is 11.6. The number of rotatable bonds is 2. The lowest BCUT2D eigenvalue weighted by Crippen LogP contribution is -2.25. The molecule has 5 heteroatoms. The molecule has 0 spiro atoms. The maximum atomic E-state index is 11.6. The second kappa shape index (κ2) is 4.02. The van der Waals surface area contributed by atoms with Gasteiger partial charge in [-0.15, -0.1) is 0 Å². The Bertz CT molecular complexity index is 479. The van der Waals surface area contributed by atoms with Crippen molar-refractivity contribution in [1.29, 1.82) is 0 Å². The quantitative estimate of drug-likeness (QED) is 0.786. The number of hydrogen-bond donors (Lipinski definition) is 1. The number of imide groups is 1. The third-order valence-corrected chi connectivity index (χ3v) is 3.19. The second-order valence-electron chi connectivity index (χ2n) is 3.31. The molecule has 0 atom stereocenters. The molecule has 0 saturated heterocycles. The Kier molecular flexibility index (Phi) is 2.70. The van der Waals surface area contributed by atoms with Gasteiger partial charge in [-0.3, -0.25) is 14.5 Å². The van der Waals surface area contributed by atoms with Crippen LogP contribution in [0.15, 0.2) is 40.1 Å². The Labute approximate surface area is 96.6 Å². The van der Waals surface area contributed by atoms with E-state index in [4.69, 9.17) is 5.11 Å². The summed E-state index contributed by atoms with van der Waals surface area (Å²) in [6.07, 6.45) is 1.32. The molecule has 16 heavy (non-hydrogen) atoms. The van der Waals surface area contributed by atoms with Gasteiger partial charge in [0.15, 0.2) is 0 Å². The van der Waals surface area contributed by atoms with E-state index >= 15 is 0 Å². The van der Waals surface area contributed by atoms with Gasteiger partial charge in [-0.05, 0) is 24.3 Å². The van der Waals surface area contributed by atoms with E-state index in [1.165, 1.54) is 37.0 Å². The summed E-state index contributed by atoms with van der Waals surface area (Å²) in [5.41, 5.74) is 0. The summed E-state index contributed by atoms with van der Waals surface area (Å²) in [6, 6.07) is 6.45. The van der Waals surface area contributed by atoms with Crippen molar-refractivity contribution in [2.45, 2.75) is 4.90 Å². The van der Waals surface area contributed by atoms with Gasteiger partial charge in [0.2, 0.25) is 0 Å². The number of carbonyl (C=O) groups is 2. The van der Waals surface area contributed by atoms with Crippen molar-refractivity contribution < 1.29 is 14.7 Å². The van der Waals surface area contributed by atoms with Crippen LogP contribution in [-0.4, -0.2) is 28.9 Å². The Morgan fingerprint density at radius 3 is 2.31 bits per heavy atom. The molecule has 1 aromatic carbocycles. The van der Waals surface area contributed by atoms with E-state index in [9.17, 15) is 9.59 Å². The lowest BCUT2D eigenvalue weighted by Gasteiger charge is -2.06. The Hall–Kier alpha value is -1.75. The Morgan fingerprint density at radius 2 is 1.81 bits per heavy atom. The molecule has 1 aliphatic heterocycles. The standard InChI is InChI=1S/C11H9NO3S/c1-12-10(14)6-9(11(12)15)16-8-4-2-7(13)3-5-8/h2-6,13H,1H3. The van der Waals surface area contributed by atoms with E-state index in [0.717, 1.165) is 9.80 Å². The minimum atomic E-state index is -0.300. The van der Waals surface area contributed by atoms with Crippen molar-refractivity contribution in [1.82, 2.24) is 4.90 Å². The van der Waals surface area contributed by atoms with Crippen molar-refractivity contribution in [3.05, 3.63) is 35.2 Å². The van der Waals surface area contributed by atoms with E-state index < -0.39 is 0 Å². The summed E-state index contributed by atoms with van der Waals surface area (Å²) in [7, 11) is 1.45. The molecule has 0 aromatic heterocycles. The average Bonchev–Trinajstić information content (AvgIpc) is 2.50. The summed E-state index contributed by atoms with van der Waals surface area (Å²) in [5.74, 6) is -0.418. The number of nitrogens with zero attached hydrogens (tertiary/aromatic N) is 1. The van der Waals surface area contributed by atoms with Gasteiger partial charge in [-0.25, -0.2) is 0 Å². The van der Waals surface area contributed by atoms with Crippen LogP contribution in [0, 0.1) is 0 Å². The van der Waals surface area contributed by atoms with Crippen molar-refractivity contribution in [2.24, 2.45) is 0 Å². The van der Waals surface area contributed by atoms with Crippen molar-refractivity contribution in [3.63, 3.8) is 0 Å². The first-order chi connectivity index (χ1) is 7.58. The van der Waals surface area contributed by atoms with Crippen LogP contribution in [0.25, 0.3) is 0 Å². The number of phenolic OH excluding ortho intramolecular Hbond substituents is 1. The smallest absolute Gasteiger partial charge is 0.267 e. The van der Waals surface area contributed by atoms with Gasteiger partial charge in [-0.2, -0.15) is 0 Å². The van der Waals surface area contributed by atoms with Crippen LogP contribution in [0.5, 0.6) is 5.75 Å². The molecule has 0 radical (unpaired) electrons. The first kappa shape index (κ1) is 10.8. The molecule has 4 nitrogen and oxygen atoms in total. The molecular weight excluding hydrogens is 226 g/mol. The summed E-state index contributed by atoms with van der Waals surface area (Å²) in [6.45, 7) is 0. The highest BCUT2D eigenvalue weighted by Gasteiger charge is 2.28. The predicted molar refractivity (Wildman–Crippen MR) is 59.8 cm³/mol. The normalized spacial score (nSPS) is 15.6. The minimum Gasteiger partial charge on any atom is -0.508 e. The fourth-order valence-electron chi connectivity index (χ4n) is 1.25. The SMILES string of the molecule is CN1C(=O)C=C(Sc2ccc(O)cc2)C1=O. The van der Waals surface area contributed by atoms with Crippen molar-refractivity contribution in [2.75, 3.05) is 7.05 Å². The van der Waals surface area contributed by atoms with Crippen LogP contribution in [0.1, 0.15) is 0 Å². The van der Waals surface area contributed by atoms with Gasteiger partial charge in [0.05, 0.1) is 4.91 Å². The number of likely N-dealkylation sites (N-methyl/N-ethyl adjacent to an activating group) is 1. The van der Waals surface area contributed by atoms with E-state index in [2.05, 4.69) is 0 Å². The monoisotopic (exact) mass is 235 g/mol. The summed E-state index contributed by atoms with van der Waals surface area (Å²) in [4.78, 5) is 25.0. The van der Waals surface area contributed by atoms with E-state index in [1.807, 2.05) is 0 Å². The molecule has 1 heterocycles. The summed E-state index contributed by atoms with van der Waals surface area (Å²) >= 11 is 1.21. The van der Waals surface area contributed by atoms with Crippen LogP contribution in [0.3, 0.4) is 0 Å². The fourth-order valence-corrected chi connectivity index (χ4v) is 2.16. The molecule has 82 valence electrons. The first-order valence-corrected chi connectivity index (χ1v) is 5.40. The molecule has 2 rings (SSSR count). The number of thioether (sulfide) groups is 1. The number of benzene rings is 1. The van der Waals surface area contributed by atoms with Gasteiger partial charge >= 0.3 is 0 Å². The van der Waals surface area contributed by atoms with E-state index in [0.29, 0.717) is 4.91 Å². The van der Waals surface area contributed by atoms with E-state index in [-0.39, 0.29) is 17.6 Å². The fraction of sp³-hybridized carbons (Fsp3) is 0.0909. The van der Waals surface area contributed by atoms with E-state index in [1.54, 1.807) is 12.1 Å². The Balaban J connectivity index is 2.17. The summed E-state index contributed by atoms with van der Waals surface area (Å²) in [5, 5.41) is 9.10. The lowest BCUT2D eigenvalue weighted by atomic mass is 10.3. The van der Waals surface area contributed by atoms with Gasteiger partial charge < -0.3 is 5.11 Å². The van der Waals surface area contributed by atoms with Crippen LogP contribution in [0.2, 0.25) is 0 Å². The average molecular weight is 235 g/mol. The molecule has 0 bridgehead atoms. The van der Waals surface area contributed by atoms with Crippen LogP contribution in [0.4, 0.5) is 0 Å². The zero-order valence-electron chi connectivity index (χ0n) is 8.51. The number of aromatic hydroxyl groups is 1. The molecular formula is C11H9NO3S. The van der Waals surface area contributed by atoms with Crippen LogP contribution in [-0.2, 0) is 9.59 Å². The predicted octanol–water partition coefficient (Wildman–Crippen LogP) is 1.37. The highest BCUT2D eigenvalue weighted by molar-refractivity contribution is 8.04. The number of phenols is 1. The highest BCUT2D eigenvalue weighted by Crippen LogP contribution is 2.31. The molecule has 0 fully saturated rings. The van der Waals surface area contributed by atoms with Crippen molar-refractivity contribution >= 4 is 23.6 Å². The first-order valence-electron chi connectivity index (χ1n) is 4.58. The number of carbonyl (C=O) groups excluding carboxylic acids is 2. The molecule has 0 aliphatic carbocycles. The summed E-state index contributed by atoms with van der Waals surface area (Å²) < 4.78 is 0. The molecule has 0 saturated carbocycles. The zero-order valence-corrected chi connectivity index (χ0v) is 9.32. The molecule has 2 amide bonds. The third-order valence-electron chi connectivity index (χ3n) is 2.17. The van der Waals surface area contributed by atoms with Gasteiger partial charge in [0.25, 0.3) is 11.8 Å². The van der Waals surface area contributed by atoms with Crippen molar-refractivity contribution in [3.8, 4) is 5.75 Å². The zero-order chi connectivity index (χ0) is 11.7. The second-order valence-corrected chi connectivity index (χ2v) is 4.42. The Morgan fingerprint density at radius 1 is 1.19 bits per heavy atom. The van der Waals surface area contributed by atoms with Gasteiger partial charge in [0, 0.05) is 18.0 Å². The molecule has 1 N–H and O–H groups in total. The van der Waals surface area contributed by atoms with Crippen LogP contribution >= 0.6 is 11.8 Å². The third kappa shape index (κ3) is 1.94. The van der Waals surface area contributed by atoms with Gasteiger partial charge in [-0.1, -0.05) is 11.8 Å². The maximum Gasteiger partial charge on any atom is 0.267 e. The van der Waals surface area contributed by atoms with Gasteiger partial charge in [0.1, 0.15) is 5.75 Å². The van der Waals surface area contributed by atoms with Crippen LogP contribution < -0.4 is 0 Å². The highest BCUT2D eigenvalue weighted by atomic mass is 32.2. The molecule has 0 unspecified atom stereocenters.